The van der Waals surface area contributed by atoms with Gasteiger partial charge in [-0.1, -0.05) is 53.6 Å². The van der Waals surface area contributed by atoms with E-state index in [9.17, 15) is 13.2 Å². The molecule has 31 heavy (non-hydrogen) atoms. The summed E-state index contributed by atoms with van der Waals surface area (Å²) in [6, 6.07) is 20.3. The first kappa shape index (κ1) is 22.8. The first-order valence-electron chi connectivity index (χ1n) is 9.54. The van der Waals surface area contributed by atoms with Gasteiger partial charge in [-0.05, 0) is 48.9 Å². The SMILES string of the molecule is COc1ccccc1NC(=O)CN(Cc1cccc(Cl)c1)S(=O)(=O)c1ccc(C)cc1. The average Bonchev–Trinajstić information content (AvgIpc) is 2.74. The number of amides is 1. The molecular formula is C23H23ClN2O4S. The minimum Gasteiger partial charge on any atom is -0.495 e. The molecular weight excluding hydrogens is 436 g/mol. The number of anilines is 1. The molecule has 6 nitrogen and oxygen atoms in total. The molecule has 0 aromatic heterocycles. The van der Waals surface area contributed by atoms with E-state index in [4.69, 9.17) is 16.3 Å². The molecule has 1 amide bonds. The standard InChI is InChI=1S/C23H23ClN2O4S/c1-17-10-12-20(13-11-17)31(28,29)26(15-18-6-5-7-19(24)14-18)16-23(27)25-21-8-3-4-9-22(21)30-2/h3-14H,15-16H2,1-2H3,(H,25,27). The molecule has 1 N–H and O–H groups in total. The van der Waals surface area contributed by atoms with Crippen molar-refractivity contribution in [1.29, 1.82) is 0 Å². The highest BCUT2D eigenvalue weighted by Crippen LogP contribution is 2.24. The Morgan fingerprint density at radius 3 is 2.42 bits per heavy atom. The average molecular weight is 459 g/mol. The first-order chi connectivity index (χ1) is 14.8. The van der Waals surface area contributed by atoms with E-state index >= 15 is 0 Å². The number of methoxy groups -OCH3 is 1. The molecule has 0 aliphatic heterocycles. The molecule has 0 spiro atoms. The molecule has 0 fully saturated rings. The molecule has 162 valence electrons. The molecule has 3 aromatic carbocycles. The van der Waals surface area contributed by atoms with Crippen molar-refractivity contribution in [2.24, 2.45) is 0 Å². The smallest absolute Gasteiger partial charge is 0.243 e. The summed E-state index contributed by atoms with van der Waals surface area (Å²) in [7, 11) is -2.44. The van der Waals surface area contributed by atoms with E-state index < -0.39 is 15.9 Å². The Labute approximate surface area is 187 Å². The number of rotatable bonds is 8. The van der Waals surface area contributed by atoms with Gasteiger partial charge >= 0.3 is 0 Å². The first-order valence-corrected chi connectivity index (χ1v) is 11.4. The van der Waals surface area contributed by atoms with Crippen LogP contribution >= 0.6 is 11.6 Å². The van der Waals surface area contributed by atoms with Crippen molar-refractivity contribution < 1.29 is 17.9 Å². The van der Waals surface area contributed by atoms with Gasteiger partial charge in [0.1, 0.15) is 5.75 Å². The highest BCUT2D eigenvalue weighted by Gasteiger charge is 2.27. The lowest BCUT2D eigenvalue weighted by Gasteiger charge is -2.22. The number of carbonyl (C=O) groups excluding carboxylic acids is 1. The van der Waals surface area contributed by atoms with E-state index in [1.807, 2.05) is 6.92 Å². The van der Waals surface area contributed by atoms with Gasteiger partial charge in [-0.25, -0.2) is 8.42 Å². The quantitative estimate of drug-likeness (QED) is 0.539. The summed E-state index contributed by atoms with van der Waals surface area (Å²) in [4.78, 5) is 12.9. The summed E-state index contributed by atoms with van der Waals surface area (Å²) in [5.41, 5.74) is 2.08. The third kappa shape index (κ3) is 5.85. The molecule has 0 unspecified atom stereocenters. The predicted octanol–water partition coefficient (Wildman–Crippen LogP) is 4.49. The monoisotopic (exact) mass is 458 g/mol. The lowest BCUT2D eigenvalue weighted by Crippen LogP contribution is -2.37. The van der Waals surface area contributed by atoms with Crippen LogP contribution in [0.5, 0.6) is 5.75 Å². The van der Waals surface area contributed by atoms with E-state index in [1.54, 1.807) is 60.7 Å². The van der Waals surface area contributed by atoms with Gasteiger partial charge in [0.25, 0.3) is 0 Å². The normalized spacial score (nSPS) is 11.4. The van der Waals surface area contributed by atoms with E-state index in [1.165, 1.54) is 19.2 Å². The van der Waals surface area contributed by atoms with E-state index in [2.05, 4.69) is 5.32 Å². The summed E-state index contributed by atoms with van der Waals surface area (Å²) >= 11 is 6.06. The van der Waals surface area contributed by atoms with E-state index in [0.29, 0.717) is 22.0 Å². The van der Waals surface area contributed by atoms with Crippen molar-refractivity contribution >= 4 is 33.2 Å². The largest absolute Gasteiger partial charge is 0.495 e. The number of para-hydroxylation sites is 2. The van der Waals surface area contributed by atoms with Crippen LogP contribution in [-0.2, 0) is 21.4 Å². The Morgan fingerprint density at radius 2 is 1.74 bits per heavy atom. The molecule has 0 bridgehead atoms. The van der Waals surface area contributed by atoms with Gasteiger partial charge in [0.15, 0.2) is 0 Å². The summed E-state index contributed by atoms with van der Waals surface area (Å²) in [6.07, 6.45) is 0. The van der Waals surface area contributed by atoms with Gasteiger partial charge in [-0.2, -0.15) is 4.31 Å². The van der Waals surface area contributed by atoms with Crippen molar-refractivity contribution in [3.8, 4) is 5.75 Å². The zero-order valence-electron chi connectivity index (χ0n) is 17.2. The Hall–Kier alpha value is -2.87. The zero-order valence-corrected chi connectivity index (χ0v) is 18.8. The minimum absolute atomic E-state index is 0.00385. The van der Waals surface area contributed by atoms with Gasteiger partial charge in [-0.15, -0.1) is 0 Å². The van der Waals surface area contributed by atoms with Crippen LogP contribution in [-0.4, -0.2) is 32.3 Å². The number of ether oxygens (including phenoxy) is 1. The topological polar surface area (TPSA) is 75.7 Å². The number of aryl methyl sites for hydroxylation is 1. The van der Waals surface area contributed by atoms with E-state index in [0.717, 1.165) is 9.87 Å². The highest BCUT2D eigenvalue weighted by atomic mass is 35.5. The van der Waals surface area contributed by atoms with Gasteiger partial charge < -0.3 is 10.1 Å². The van der Waals surface area contributed by atoms with Crippen LogP contribution in [0, 0.1) is 6.92 Å². The van der Waals surface area contributed by atoms with Gasteiger partial charge in [0.05, 0.1) is 24.2 Å². The van der Waals surface area contributed by atoms with Crippen LogP contribution in [0.4, 0.5) is 5.69 Å². The third-order valence-electron chi connectivity index (χ3n) is 4.61. The second-order valence-corrected chi connectivity index (χ2v) is 9.34. The molecule has 3 rings (SSSR count). The van der Waals surface area contributed by atoms with E-state index in [-0.39, 0.29) is 18.0 Å². The number of hydrogen-bond acceptors (Lipinski definition) is 4. The Bertz CT molecular complexity index is 1160. The number of nitrogens with zero attached hydrogens (tertiary/aromatic N) is 1. The van der Waals surface area contributed by atoms with Crippen molar-refractivity contribution in [3.05, 3.63) is 88.9 Å². The van der Waals surface area contributed by atoms with Crippen LogP contribution in [0.3, 0.4) is 0 Å². The molecule has 0 aliphatic rings. The molecule has 0 aliphatic carbocycles. The number of nitrogens with one attached hydrogen (secondary N) is 1. The maximum absolute atomic E-state index is 13.3. The Kier molecular flexibility index (Phi) is 7.33. The summed E-state index contributed by atoms with van der Waals surface area (Å²) in [6.45, 7) is 1.50. The van der Waals surface area contributed by atoms with Crippen LogP contribution in [0.25, 0.3) is 0 Å². The lowest BCUT2D eigenvalue weighted by atomic mass is 10.2. The second kappa shape index (κ2) is 9.96. The maximum Gasteiger partial charge on any atom is 0.243 e. The Morgan fingerprint density at radius 1 is 1.03 bits per heavy atom. The summed E-state index contributed by atoms with van der Waals surface area (Å²) in [5, 5.41) is 3.22. The van der Waals surface area contributed by atoms with Gasteiger partial charge in [0.2, 0.25) is 15.9 Å². The molecule has 0 saturated carbocycles. The number of sulfonamides is 1. The van der Waals surface area contributed by atoms with Crippen molar-refractivity contribution in [3.63, 3.8) is 0 Å². The summed E-state index contributed by atoms with van der Waals surface area (Å²) < 4.78 is 33.0. The Balaban J connectivity index is 1.89. The fraction of sp³-hybridized carbons (Fsp3) is 0.174. The molecule has 0 heterocycles. The number of halogens is 1. The molecule has 0 radical (unpaired) electrons. The van der Waals surface area contributed by atoms with Crippen molar-refractivity contribution in [1.82, 2.24) is 4.31 Å². The number of benzene rings is 3. The summed E-state index contributed by atoms with van der Waals surface area (Å²) in [5.74, 6) is 0.000785. The predicted molar refractivity (Wildman–Crippen MR) is 122 cm³/mol. The van der Waals surface area contributed by atoms with Gasteiger partial charge in [-0.3, -0.25) is 4.79 Å². The van der Waals surface area contributed by atoms with Crippen LogP contribution in [0.2, 0.25) is 5.02 Å². The van der Waals surface area contributed by atoms with Crippen molar-refractivity contribution in [2.75, 3.05) is 19.0 Å². The zero-order chi connectivity index (χ0) is 22.4. The van der Waals surface area contributed by atoms with Gasteiger partial charge in [0, 0.05) is 11.6 Å². The molecule has 3 aromatic rings. The third-order valence-corrected chi connectivity index (χ3v) is 6.65. The second-order valence-electron chi connectivity index (χ2n) is 6.96. The number of hydrogen-bond donors (Lipinski definition) is 1. The number of carbonyl (C=O) groups is 1. The molecule has 8 heteroatoms. The fourth-order valence-corrected chi connectivity index (χ4v) is 4.62. The molecule has 0 atom stereocenters. The molecule has 0 saturated heterocycles. The van der Waals surface area contributed by atoms with Crippen LogP contribution < -0.4 is 10.1 Å². The minimum atomic E-state index is -3.93. The van der Waals surface area contributed by atoms with Crippen LogP contribution in [0.1, 0.15) is 11.1 Å². The maximum atomic E-state index is 13.3. The van der Waals surface area contributed by atoms with Crippen molar-refractivity contribution in [2.45, 2.75) is 18.4 Å². The highest BCUT2D eigenvalue weighted by molar-refractivity contribution is 7.89. The fourth-order valence-electron chi connectivity index (χ4n) is 3.02. The van der Waals surface area contributed by atoms with Crippen LogP contribution in [0.15, 0.2) is 77.7 Å². The lowest BCUT2D eigenvalue weighted by molar-refractivity contribution is -0.116.